The Hall–Kier alpha value is -1.12. The molecule has 0 aromatic heterocycles. The summed E-state index contributed by atoms with van der Waals surface area (Å²) in [5.41, 5.74) is 0. The van der Waals surface area contributed by atoms with E-state index in [9.17, 15) is 4.79 Å². The first-order valence-corrected chi connectivity index (χ1v) is 5.22. The maximum atomic E-state index is 11.2. The van der Waals surface area contributed by atoms with Gasteiger partial charge in [-0.3, -0.25) is 4.79 Å². The van der Waals surface area contributed by atoms with Gasteiger partial charge >= 0.3 is 0 Å². The van der Waals surface area contributed by atoms with Crippen molar-refractivity contribution in [1.82, 2.24) is 10.6 Å². The van der Waals surface area contributed by atoms with E-state index in [0.29, 0.717) is 19.4 Å². The number of hydrogen-bond donors (Lipinski definition) is 3. The van der Waals surface area contributed by atoms with E-state index in [0.717, 1.165) is 6.42 Å². The Kier molecular flexibility index (Phi) is 8.73. The number of nitrogens with one attached hydrogen (secondary N) is 2. The van der Waals surface area contributed by atoms with Crippen molar-refractivity contribution in [2.75, 3.05) is 19.7 Å². The predicted molar refractivity (Wildman–Crippen MR) is 57.0 cm³/mol. The zero-order valence-electron chi connectivity index (χ0n) is 9.12. The summed E-state index contributed by atoms with van der Waals surface area (Å²) in [7, 11) is 0. The van der Waals surface area contributed by atoms with Gasteiger partial charge in [-0.25, -0.2) is 0 Å². The molecule has 1 unspecified atom stereocenters. The SMILES string of the molecule is CCC(CCO)NCC(=O)NCCC#N. The molecule has 0 saturated heterocycles. The molecule has 0 bridgehead atoms. The molecule has 0 fully saturated rings. The molecule has 5 heteroatoms. The molecule has 5 nitrogen and oxygen atoms in total. The van der Waals surface area contributed by atoms with Crippen LogP contribution in [0.5, 0.6) is 0 Å². The molecular weight excluding hydrogens is 194 g/mol. The lowest BCUT2D eigenvalue weighted by molar-refractivity contribution is -0.120. The number of nitriles is 1. The minimum Gasteiger partial charge on any atom is -0.396 e. The summed E-state index contributed by atoms with van der Waals surface area (Å²) in [5.74, 6) is -0.110. The molecule has 15 heavy (non-hydrogen) atoms. The fraction of sp³-hybridized carbons (Fsp3) is 0.800. The number of carbonyl (C=O) groups excluding carboxylic acids is 1. The summed E-state index contributed by atoms with van der Waals surface area (Å²) >= 11 is 0. The van der Waals surface area contributed by atoms with Crippen molar-refractivity contribution in [3.8, 4) is 6.07 Å². The third-order valence-corrected chi connectivity index (χ3v) is 2.08. The highest BCUT2D eigenvalue weighted by Gasteiger charge is 2.06. The van der Waals surface area contributed by atoms with Gasteiger partial charge in [-0.15, -0.1) is 0 Å². The zero-order valence-corrected chi connectivity index (χ0v) is 9.12. The topological polar surface area (TPSA) is 85.2 Å². The maximum absolute atomic E-state index is 11.2. The van der Waals surface area contributed by atoms with Crippen molar-refractivity contribution in [1.29, 1.82) is 5.26 Å². The molecule has 86 valence electrons. The summed E-state index contributed by atoms with van der Waals surface area (Å²) in [6, 6.07) is 2.13. The van der Waals surface area contributed by atoms with Crippen LogP contribution in [0.15, 0.2) is 0 Å². The van der Waals surface area contributed by atoms with Crippen LogP contribution in [0.4, 0.5) is 0 Å². The van der Waals surface area contributed by atoms with Gasteiger partial charge in [0.15, 0.2) is 0 Å². The van der Waals surface area contributed by atoms with Gasteiger partial charge in [0.1, 0.15) is 0 Å². The van der Waals surface area contributed by atoms with Crippen LogP contribution in [0.2, 0.25) is 0 Å². The summed E-state index contributed by atoms with van der Waals surface area (Å²) in [5, 5.41) is 22.7. The van der Waals surface area contributed by atoms with E-state index in [4.69, 9.17) is 10.4 Å². The second kappa shape index (κ2) is 9.44. The van der Waals surface area contributed by atoms with Gasteiger partial charge in [0.2, 0.25) is 5.91 Å². The molecule has 0 aliphatic rings. The molecule has 0 aliphatic carbocycles. The molecule has 1 amide bonds. The second-order valence-electron chi connectivity index (χ2n) is 3.26. The van der Waals surface area contributed by atoms with Crippen molar-refractivity contribution in [2.45, 2.75) is 32.2 Å². The fourth-order valence-electron chi connectivity index (χ4n) is 1.16. The Balaban J connectivity index is 3.55. The van der Waals surface area contributed by atoms with Crippen molar-refractivity contribution < 1.29 is 9.90 Å². The molecule has 0 aromatic rings. The van der Waals surface area contributed by atoms with Crippen LogP contribution < -0.4 is 10.6 Å². The van der Waals surface area contributed by atoms with Gasteiger partial charge < -0.3 is 15.7 Å². The zero-order chi connectivity index (χ0) is 11.5. The fourth-order valence-corrected chi connectivity index (χ4v) is 1.16. The van der Waals surface area contributed by atoms with Crippen LogP contribution in [-0.2, 0) is 4.79 Å². The molecular formula is C10H19N3O2. The number of amides is 1. The first-order valence-electron chi connectivity index (χ1n) is 5.22. The Morgan fingerprint density at radius 3 is 2.87 bits per heavy atom. The average molecular weight is 213 g/mol. The first kappa shape index (κ1) is 13.9. The van der Waals surface area contributed by atoms with Gasteiger partial charge in [-0.1, -0.05) is 6.92 Å². The number of aliphatic hydroxyl groups is 1. The highest BCUT2D eigenvalue weighted by molar-refractivity contribution is 5.77. The van der Waals surface area contributed by atoms with E-state index in [1.54, 1.807) is 0 Å². The molecule has 0 saturated carbocycles. The van der Waals surface area contributed by atoms with E-state index in [-0.39, 0.29) is 25.1 Å². The highest BCUT2D eigenvalue weighted by atomic mass is 16.3. The molecule has 0 heterocycles. The van der Waals surface area contributed by atoms with Gasteiger partial charge in [-0.2, -0.15) is 5.26 Å². The lowest BCUT2D eigenvalue weighted by atomic mass is 10.1. The second-order valence-corrected chi connectivity index (χ2v) is 3.26. The van der Waals surface area contributed by atoms with Crippen LogP contribution in [0, 0.1) is 11.3 Å². The average Bonchev–Trinajstić information content (AvgIpc) is 2.24. The van der Waals surface area contributed by atoms with Crippen LogP contribution in [0.3, 0.4) is 0 Å². The van der Waals surface area contributed by atoms with Crippen molar-refractivity contribution >= 4 is 5.91 Å². The van der Waals surface area contributed by atoms with Gasteiger partial charge in [0.25, 0.3) is 0 Å². The number of aliphatic hydroxyl groups excluding tert-OH is 1. The summed E-state index contributed by atoms with van der Waals surface area (Å²) in [6.45, 7) is 2.76. The Labute approximate surface area is 90.5 Å². The van der Waals surface area contributed by atoms with Crippen molar-refractivity contribution in [3.63, 3.8) is 0 Å². The Bertz CT molecular complexity index is 213. The van der Waals surface area contributed by atoms with E-state index in [1.165, 1.54) is 0 Å². The van der Waals surface area contributed by atoms with Gasteiger partial charge in [-0.05, 0) is 12.8 Å². The molecule has 0 aliphatic heterocycles. The third kappa shape index (κ3) is 7.91. The molecule has 1 atom stereocenters. The summed E-state index contributed by atoms with van der Waals surface area (Å²) in [4.78, 5) is 11.2. The molecule has 0 rings (SSSR count). The monoisotopic (exact) mass is 213 g/mol. The normalized spacial score (nSPS) is 11.8. The summed E-state index contributed by atoms with van der Waals surface area (Å²) in [6.07, 6.45) is 1.87. The number of hydrogen-bond acceptors (Lipinski definition) is 4. The highest BCUT2D eigenvalue weighted by Crippen LogP contribution is 1.95. The maximum Gasteiger partial charge on any atom is 0.233 e. The van der Waals surface area contributed by atoms with Crippen molar-refractivity contribution in [3.05, 3.63) is 0 Å². The van der Waals surface area contributed by atoms with Crippen LogP contribution in [-0.4, -0.2) is 36.8 Å². The number of carbonyl (C=O) groups is 1. The number of rotatable bonds is 8. The van der Waals surface area contributed by atoms with E-state index in [2.05, 4.69) is 10.6 Å². The summed E-state index contributed by atoms with van der Waals surface area (Å²) < 4.78 is 0. The van der Waals surface area contributed by atoms with Crippen LogP contribution in [0.1, 0.15) is 26.2 Å². The van der Waals surface area contributed by atoms with E-state index < -0.39 is 0 Å². The Morgan fingerprint density at radius 2 is 2.33 bits per heavy atom. The number of nitrogens with zero attached hydrogens (tertiary/aromatic N) is 1. The van der Waals surface area contributed by atoms with E-state index >= 15 is 0 Å². The minimum atomic E-state index is -0.110. The van der Waals surface area contributed by atoms with Crippen molar-refractivity contribution in [2.24, 2.45) is 0 Å². The lowest BCUT2D eigenvalue weighted by Crippen LogP contribution is -2.39. The quantitative estimate of drug-likeness (QED) is 0.486. The molecule has 3 N–H and O–H groups in total. The molecule has 0 aromatic carbocycles. The standard InChI is InChI=1S/C10H19N3O2/c1-2-9(4-7-14)13-8-10(15)12-6-3-5-11/h9,13-14H,2-4,6-8H2,1H3,(H,12,15). The molecule has 0 spiro atoms. The smallest absolute Gasteiger partial charge is 0.233 e. The van der Waals surface area contributed by atoms with Gasteiger partial charge in [0, 0.05) is 19.2 Å². The largest absolute Gasteiger partial charge is 0.396 e. The Morgan fingerprint density at radius 1 is 1.60 bits per heavy atom. The predicted octanol–water partition coefficient (Wildman–Crippen LogP) is -0.233. The van der Waals surface area contributed by atoms with Gasteiger partial charge in [0.05, 0.1) is 19.0 Å². The van der Waals surface area contributed by atoms with E-state index in [1.807, 2.05) is 13.0 Å². The van der Waals surface area contributed by atoms with Crippen LogP contribution in [0.25, 0.3) is 0 Å². The lowest BCUT2D eigenvalue weighted by Gasteiger charge is -2.14. The molecule has 0 radical (unpaired) electrons. The first-order chi connectivity index (χ1) is 7.24. The minimum absolute atomic E-state index is 0.110. The third-order valence-electron chi connectivity index (χ3n) is 2.08. The van der Waals surface area contributed by atoms with Crippen LogP contribution >= 0.6 is 0 Å².